The van der Waals surface area contributed by atoms with Crippen LogP contribution in [0.1, 0.15) is 12.8 Å². The molecule has 2 amide bonds. The lowest BCUT2D eigenvalue weighted by molar-refractivity contribution is -0.137. The number of carbonyl (C=O) groups is 2. The SMILES string of the molecule is COCC1(C(=O)NCC(=O)Nc2cccc3ccccc23)CCNCC1. The van der Waals surface area contributed by atoms with Gasteiger partial charge in [-0.15, -0.1) is 0 Å². The Morgan fingerprint density at radius 1 is 1.12 bits per heavy atom. The van der Waals surface area contributed by atoms with Crippen LogP contribution in [-0.2, 0) is 14.3 Å². The molecule has 1 saturated heterocycles. The second kappa shape index (κ2) is 8.29. The van der Waals surface area contributed by atoms with Crippen LogP contribution < -0.4 is 16.0 Å². The van der Waals surface area contributed by atoms with Crippen molar-refractivity contribution in [3.63, 3.8) is 0 Å². The predicted molar refractivity (Wildman–Crippen MR) is 102 cm³/mol. The summed E-state index contributed by atoms with van der Waals surface area (Å²) in [7, 11) is 1.60. The lowest BCUT2D eigenvalue weighted by Gasteiger charge is -2.35. The zero-order valence-corrected chi connectivity index (χ0v) is 15.0. The highest BCUT2D eigenvalue weighted by molar-refractivity contribution is 6.03. The smallest absolute Gasteiger partial charge is 0.243 e. The monoisotopic (exact) mass is 355 g/mol. The van der Waals surface area contributed by atoms with Crippen molar-refractivity contribution in [1.82, 2.24) is 10.6 Å². The van der Waals surface area contributed by atoms with E-state index in [0.717, 1.165) is 29.5 Å². The number of rotatable bonds is 6. The van der Waals surface area contributed by atoms with Crippen molar-refractivity contribution in [1.29, 1.82) is 0 Å². The molecule has 6 heteroatoms. The first-order valence-electron chi connectivity index (χ1n) is 8.90. The van der Waals surface area contributed by atoms with E-state index in [-0.39, 0.29) is 18.4 Å². The molecule has 1 fully saturated rings. The van der Waals surface area contributed by atoms with E-state index < -0.39 is 5.41 Å². The fourth-order valence-electron chi connectivity index (χ4n) is 3.50. The van der Waals surface area contributed by atoms with E-state index in [1.165, 1.54) is 0 Å². The van der Waals surface area contributed by atoms with Gasteiger partial charge in [-0.3, -0.25) is 9.59 Å². The lowest BCUT2D eigenvalue weighted by atomic mass is 9.78. The molecule has 0 unspecified atom stereocenters. The molecule has 26 heavy (non-hydrogen) atoms. The van der Waals surface area contributed by atoms with Gasteiger partial charge in [-0.05, 0) is 37.4 Å². The number of hydrogen-bond donors (Lipinski definition) is 3. The van der Waals surface area contributed by atoms with Crippen molar-refractivity contribution < 1.29 is 14.3 Å². The Hall–Kier alpha value is -2.44. The van der Waals surface area contributed by atoms with E-state index >= 15 is 0 Å². The Kier molecular flexibility index (Phi) is 5.85. The number of ether oxygens (including phenoxy) is 1. The fraction of sp³-hybridized carbons (Fsp3) is 0.400. The van der Waals surface area contributed by atoms with Gasteiger partial charge in [0.2, 0.25) is 11.8 Å². The van der Waals surface area contributed by atoms with Crippen LogP contribution in [0.25, 0.3) is 10.8 Å². The van der Waals surface area contributed by atoms with Crippen molar-refractivity contribution in [3.05, 3.63) is 42.5 Å². The summed E-state index contributed by atoms with van der Waals surface area (Å²) in [6.07, 6.45) is 1.41. The molecule has 138 valence electrons. The molecule has 2 aromatic rings. The first kappa shape index (κ1) is 18.4. The summed E-state index contributed by atoms with van der Waals surface area (Å²) in [6.45, 7) is 1.87. The minimum Gasteiger partial charge on any atom is -0.384 e. The molecule has 6 nitrogen and oxygen atoms in total. The molecule has 1 aliphatic rings. The number of hydrogen-bond acceptors (Lipinski definition) is 4. The number of methoxy groups -OCH3 is 1. The van der Waals surface area contributed by atoms with Crippen molar-refractivity contribution in [2.24, 2.45) is 5.41 Å². The summed E-state index contributed by atoms with van der Waals surface area (Å²) in [5, 5.41) is 11.0. The van der Waals surface area contributed by atoms with Gasteiger partial charge >= 0.3 is 0 Å². The van der Waals surface area contributed by atoms with Gasteiger partial charge in [0.15, 0.2) is 0 Å². The topological polar surface area (TPSA) is 79.5 Å². The second-order valence-electron chi connectivity index (χ2n) is 6.72. The Morgan fingerprint density at radius 2 is 1.85 bits per heavy atom. The standard InChI is InChI=1S/C20H25N3O3/c1-26-14-20(9-11-21-12-10-20)19(25)22-13-18(24)23-17-8-4-6-15-5-2-3-7-16(15)17/h2-8,21H,9-14H2,1H3,(H,22,25)(H,23,24). The summed E-state index contributed by atoms with van der Waals surface area (Å²) in [6, 6.07) is 13.6. The van der Waals surface area contributed by atoms with Crippen LogP contribution in [0.5, 0.6) is 0 Å². The zero-order valence-electron chi connectivity index (χ0n) is 15.0. The molecule has 0 aromatic heterocycles. The van der Waals surface area contributed by atoms with E-state index in [0.29, 0.717) is 19.4 Å². The normalized spacial score (nSPS) is 16.2. The Balaban J connectivity index is 1.62. The molecule has 0 radical (unpaired) electrons. The second-order valence-corrected chi connectivity index (χ2v) is 6.72. The molecule has 0 aliphatic carbocycles. The largest absolute Gasteiger partial charge is 0.384 e. The lowest BCUT2D eigenvalue weighted by Crippen LogP contribution is -2.51. The Morgan fingerprint density at radius 3 is 2.62 bits per heavy atom. The van der Waals surface area contributed by atoms with E-state index in [4.69, 9.17) is 4.74 Å². The van der Waals surface area contributed by atoms with Crippen LogP contribution in [0, 0.1) is 5.41 Å². The summed E-state index contributed by atoms with van der Waals surface area (Å²) in [5.74, 6) is -0.356. The van der Waals surface area contributed by atoms with E-state index in [1.807, 2.05) is 42.5 Å². The highest BCUT2D eigenvalue weighted by atomic mass is 16.5. The van der Waals surface area contributed by atoms with Crippen LogP contribution in [0.4, 0.5) is 5.69 Å². The maximum atomic E-state index is 12.7. The van der Waals surface area contributed by atoms with Gasteiger partial charge in [-0.1, -0.05) is 36.4 Å². The number of amides is 2. The predicted octanol–water partition coefficient (Wildman–Crippen LogP) is 1.91. The molecule has 0 saturated carbocycles. The number of anilines is 1. The van der Waals surface area contributed by atoms with Crippen LogP contribution in [-0.4, -0.2) is 45.2 Å². The number of benzene rings is 2. The fourth-order valence-corrected chi connectivity index (χ4v) is 3.50. The average molecular weight is 355 g/mol. The summed E-state index contributed by atoms with van der Waals surface area (Å²) < 4.78 is 5.27. The number of piperidine rings is 1. The van der Waals surface area contributed by atoms with Crippen LogP contribution in [0.3, 0.4) is 0 Å². The van der Waals surface area contributed by atoms with Crippen LogP contribution in [0.15, 0.2) is 42.5 Å². The minimum absolute atomic E-state index is 0.0546. The van der Waals surface area contributed by atoms with Gasteiger partial charge in [-0.25, -0.2) is 0 Å². The summed E-state index contributed by atoms with van der Waals surface area (Å²) in [5.41, 5.74) is 0.190. The summed E-state index contributed by atoms with van der Waals surface area (Å²) >= 11 is 0. The molecule has 0 spiro atoms. The first-order chi connectivity index (χ1) is 12.6. The van der Waals surface area contributed by atoms with Crippen molar-refractivity contribution >= 4 is 28.3 Å². The minimum atomic E-state index is -0.556. The molecule has 2 aromatic carbocycles. The van der Waals surface area contributed by atoms with E-state index in [9.17, 15) is 9.59 Å². The van der Waals surface area contributed by atoms with Crippen molar-refractivity contribution in [2.45, 2.75) is 12.8 Å². The Bertz CT molecular complexity index is 774. The molecular weight excluding hydrogens is 330 g/mol. The molecule has 0 bridgehead atoms. The molecule has 3 N–H and O–H groups in total. The van der Waals surface area contributed by atoms with Crippen LogP contribution in [0.2, 0.25) is 0 Å². The van der Waals surface area contributed by atoms with Gasteiger partial charge in [0, 0.05) is 18.2 Å². The highest BCUT2D eigenvalue weighted by Gasteiger charge is 2.39. The average Bonchev–Trinajstić information content (AvgIpc) is 2.67. The number of nitrogens with one attached hydrogen (secondary N) is 3. The number of fused-ring (bicyclic) bond motifs is 1. The third kappa shape index (κ3) is 4.03. The molecule has 3 rings (SSSR count). The summed E-state index contributed by atoms with van der Waals surface area (Å²) in [4.78, 5) is 25.0. The quantitative estimate of drug-likeness (QED) is 0.740. The molecular formula is C20H25N3O3. The van der Waals surface area contributed by atoms with Crippen molar-refractivity contribution in [3.8, 4) is 0 Å². The van der Waals surface area contributed by atoms with Crippen LogP contribution >= 0.6 is 0 Å². The van der Waals surface area contributed by atoms with Gasteiger partial charge in [0.1, 0.15) is 0 Å². The third-order valence-corrected chi connectivity index (χ3v) is 4.94. The third-order valence-electron chi connectivity index (χ3n) is 4.94. The maximum absolute atomic E-state index is 12.7. The molecule has 1 aliphatic heterocycles. The number of carbonyl (C=O) groups excluding carboxylic acids is 2. The molecule has 0 atom stereocenters. The Labute approximate surface area is 153 Å². The first-order valence-corrected chi connectivity index (χ1v) is 8.90. The van der Waals surface area contributed by atoms with Gasteiger partial charge < -0.3 is 20.7 Å². The highest BCUT2D eigenvalue weighted by Crippen LogP contribution is 2.29. The van der Waals surface area contributed by atoms with Crippen molar-refractivity contribution in [2.75, 3.05) is 38.7 Å². The van der Waals surface area contributed by atoms with Gasteiger partial charge in [0.25, 0.3) is 0 Å². The van der Waals surface area contributed by atoms with E-state index in [2.05, 4.69) is 16.0 Å². The van der Waals surface area contributed by atoms with Gasteiger partial charge in [0.05, 0.1) is 18.6 Å². The van der Waals surface area contributed by atoms with Gasteiger partial charge in [-0.2, -0.15) is 0 Å². The zero-order chi connectivity index (χ0) is 18.4. The van der Waals surface area contributed by atoms with E-state index in [1.54, 1.807) is 7.11 Å². The molecule has 1 heterocycles. The maximum Gasteiger partial charge on any atom is 0.243 e.